The Bertz CT molecular complexity index is 450. The zero-order valence-corrected chi connectivity index (χ0v) is 13.3. The molecule has 0 unspecified atom stereocenters. The Morgan fingerprint density at radius 2 is 2.00 bits per heavy atom. The first-order chi connectivity index (χ1) is 10.1. The second-order valence-corrected chi connectivity index (χ2v) is 6.49. The fourth-order valence-electron chi connectivity index (χ4n) is 2.95. The maximum absolute atomic E-state index is 12.1. The molecule has 1 amide bonds. The number of carbonyl (C=O) groups is 1. The molecular weight excluding hydrogens is 260 g/mol. The third-order valence-corrected chi connectivity index (χ3v) is 4.12. The van der Waals surface area contributed by atoms with Crippen LogP contribution in [0.3, 0.4) is 0 Å². The number of carbonyl (C=O) groups excluding carboxylic acids is 1. The molecule has 0 aliphatic heterocycles. The van der Waals surface area contributed by atoms with Crippen molar-refractivity contribution in [2.45, 2.75) is 65.0 Å². The topological polar surface area (TPSA) is 41.1 Å². The third kappa shape index (κ3) is 5.88. The van der Waals surface area contributed by atoms with Crippen LogP contribution in [0, 0.1) is 5.92 Å². The van der Waals surface area contributed by atoms with Crippen LogP contribution in [0.4, 0.5) is 5.69 Å². The van der Waals surface area contributed by atoms with Crippen molar-refractivity contribution in [1.82, 2.24) is 5.32 Å². The van der Waals surface area contributed by atoms with Crippen molar-refractivity contribution in [3.05, 3.63) is 29.8 Å². The quantitative estimate of drug-likeness (QED) is 0.827. The maximum atomic E-state index is 12.1. The Morgan fingerprint density at radius 3 is 2.71 bits per heavy atom. The van der Waals surface area contributed by atoms with Crippen molar-refractivity contribution in [2.75, 3.05) is 5.32 Å². The Morgan fingerprint density at radius 1 is 1.24 bits per heavy atom. The van der Waals surface area contributed by atoms with Gasteiger partial charge in [-0.25, -0.2) is 0 Å². The van der Waals surface area contributed by atoms with Gasteiger partial charge in [0, 0.05) is 24.7 Å². The highest BCUT2D eigenvalue weighted by Gasteiger charge is 2.17. The van der Waals surface area contributed by atoms with E-state index in [9.17, 15) is 4.79 Å². The van der Waals surface area contributed by atoms with Crippen LogP contribution in [-0.4, -0.2) is 11.9 Å². The van der Waals surface area contributed by atoms with Gasteiger partial charge >= 0.3 is 0 Å². The van der Waals surface area contributed by atoms with Crippen molar-refractivity contribution in [2.24, 2.45) is 5.92 Å². The summed E-state index contributed by atoms with van der Waals surface area (Å²) in [4.78, 5) is 12.1. The molecule has 0 aromatic heterocycles. The number of hydrogen-bond acceptors (Lipinski definition) is 2. The summed E-state index contributed by atoms with van der Waals surface area (Å²) in [6.07, 6.45) is 7.01. The van der Waals surface area contributed by atoms with Gasteiger partial charge in [0.2, 0.25) is 5.91 Å². The summed E-state index contributed by atoms with van der Waals surface area (Å²) in [5.74, 6) is 0.750. The van der Waals surface area contributed by atoms with Gasteiger partial charge in [-0.3, -0.25) is 4.79 Å². The monoisotopic (exact) mass is 288 g/mol. The molecule has 2 N–H and O–H groups in total. The second-order valence-electron chi connectivity index (χ2n) is 6.49. The fourth-order valence-corrected chi connectivity index (χ4v) is 2.95. The summed E-state index contributed by atoms with van der Waals surface area (Å²) < 4.78 is 0. The van der Waals surface area contributed by atoms with Gasteiger partial charge in [0.05, 0.1) is 0 Å². The highest BCUT2D eigenvalue weighted by atomic mass is 16.1. The van der Waals surface area contributed by atoms with Gasteiger partial charge in [0.1, 0.15) is 0 Å². The molecule has 0 bridgehead atoms. The summed E-state index contributed by atoms with van der Waals surface area (Å²) in [6.45, 7) is 5.11. The lowest BCUT2D eigenvalue weighted by Crippen LogP contribution is -2.22. The first kappa shape index (κ1) is 16.0. The zero-order valence-electron chi connectivity index (χ0n) is 13.3. The van der Waals surface area contributed by atoms with Gasteiger partial charge in [-0.2, -0.15) is 0 Å². The van der Waals surface area contributed by atoms with Gasteiger partial charge in [-0.1, -0.05) is 45.2 Å². The number of nitrogens with one attached hydrogen (secondary N) is 2. The molecule has 1 aliphatic rings. The molecule has 1 aromatic carbocycles. The summed E-state index contributed by atoms with van der Waals surface area (Å²) in [7, 11) is 0. The van der Waals surface area contributed by atoms with E-state index in [0.717, 1.165) is 12.2 Å². The SMILES string of the molecule is CC(C)NCc1cccc(NC(=O)CC2CCCCC2)c1. The molecule has 21 heavy (non-hydrogen) atoms. The van der Waals surface area contributed by atoms with E-state index in [1.807, 2.05) is 12.1 Å². The van der Waals surface area contributed by atoms with Gasteiger partial charge in [0.15, 0.2) is 0 Å². The highest BCUT2D eigenvalue weighted by molar-refractivity contribution is 5.90. The highest BCUT2D eigenvalue weighted by Crippen LogP contribution is 2.26. The maximum Gasteiger partial charge on any atom is 0.224 e. The predicted molar refractivity (Wildman–Crippen MR) is 88.2 cm³/mol. The number of hydrogen-bond donors (Lipinski definition) is 2. The van der Waals surface area contributed by atoms with E-state index in [1.54, 1.807) is 0 Å². The lowest BCUT2D eigenvalue weighted by atomic mass is 9.87. The van der Waals surface area contributed by atoms with E-state index in [4.69, 9.17) is 0 Å². The third-order valence-electron chi connectivity index (χ3n) is 4.12. The molecule has 0 heterocycles. The van der Waals surface area contributed by atoms with Crippen molar-refractivity contribution < 1.29 is 4.79 Å². The molecule has 1 fully saturated rings. The van der Waals surface area contributed by atoms with Crippen molar-refractivity contribution in [3.63, 3.8) is 0 Å². The Hall–Kier alpha value is -1.35. The lowest BCUT2D eigenvalue weighted by molar-refractivity contribution is -0.117. The molecule has 0 spiro atoms. The molecule has 2 rings (SSSR count). The summed E-state index contributed by atoms with van der Waals surface area (Å²) >= 11 is 0. The molecular formula is C18H28N2O. The Kier molecular flexibility index (Phi) is 6.24. The van der Waals surface area contributed by atoms with Crippen LogP contribution in [0.15, 0.2) is 24.3 Å². The van der Waals surface area contributed by atoms with Crippen LogP contribution in [0.25, 0.3) is 0 Å². The molecule has 1 saturated carbocycles. The van der Waals surface area contributed by atoms with E-state index < -0.39 is 0 Å². The summed E-state index contributed by atoms with van der Waals surface area (Å²) in [5.41, 5.74) is 2.12. The minimum Gasteiger partial charge on any atom is -0.326 e. The largest absolute Gasteiger partial charge is 0.326 e. The number of rotatable bonds is 6. The van der Waals surface area contributed by atoms with E-state index in [-0.39, 0.29) is 5.91 Å². The van der Waals surface area contributed by atoms with Crippen LogP contribution in [0.2, 0.25) is 0 Å². The van der Waals surface area contributed by atoms with Gasteiger partial charge in [-0.15, -0.1) is 0 Å². The molecule has 0 atom stereocenters. The second kappa shape index (κ2) is 8.18. The molecule has 3 nitrogen and oxygen atoms in total. The minimum atomic E-state index is 0.163. The average molecular weight is 288 g/mol. The smallest absolute Gasteiger partial charge is 0.224 e. The number of benzene rings is 1. The summed E-state index contributed by atoms with van der Waals surface area (Å²) in [6, 6.07) is 8.60. The fraction of sp³-hybridized carbons (Fsp3) is 0.611. The van der Waals surface area contributed by atoms with E-state index in [2.05, 4.69) is 36.6 Å². The first-order valence-corrected chi connectivity index (χ1v) is 8.25. The van der Waals surface area contributed by atoms with Crippen molar-refractivity contribution in [1.29, 1.82) is 0 Å². The van der Waals surface area contributed by atoms with Crippen molar-refractivity contribution in [3.8, 4) is 0 Å². The van der Waals surface area contributed by atoms with Crippen molar-refractivity contribution >= 4 is 11.6 Å². The molecule has 0 saturated heterocycles. The number of anilines is 1. The first-order valence-electron chi connectivity index (χ1n) is 8.25. The predicted octanol–water partition coefficient (Wildman–Crippen LogP) is 4.09. The number of amides is 1. The van der Waals surface area contributed by atoms with Gasteiger partial charge in [0.25, 0.3) is 0 Å². The van der Waals surface area contributed by atoms with E-state index >= 15 is 0 Å². The molecule has 1 aromatic rings. The Balaban J connectivity index is 1.83. The molecule has 1 aliphatic carbocycles. The zero-order chi connectivity index (χ0) is 15.1. The van der Waals surface area contributed by atoms with Crippen LogP contribution in [-0.2, 0) is 11.3 Å². The summed E-state index contributed by atoms with van der Waals surface area (Å²) in [5, 5.41) is 6.45. The molecule has 3 heteroatoms. The van der Waals surface area contributed by atoms with Gasteiger partial charge in [-0.05, 0) is 36.5 Å². The normalized spacial score (nSPS) is 16.1. The average Bonchev–Trinajstić information content (AvgIpc) is 2.46. The molecule has 0 radical (unpaired) electrons. The van der Waals surface area contributed by atoms with E-state index in [0.29, 0.717) is 18.4 Å². The lowest BCUT2D eigenvalue weighted by Gasteiger charge is -2.20. The molecule has 116 valence electrons. The Labute approximate surface area is 128 Å². The standard InChI is InChI=1S/C18H28N2O/c1-14(2)19-13-16-9-6-10-17(11-16)20-18(21)12-15-7-4-3-5-8-15/h6,9-11,14-15,19H,3-5,7-8,12-13H2,1-2H3,(H,20,21). The van der Waals surface area contributed by atoms with Gasteiger partial charge < -0.3 is 10.6 Å². The van der Waals surface area contributed by atoms with Crippen LogP contribution < -0.4 is 10.6 Å². The van der Waals surface area contributed by atoms with E-state index in [1.165, 1.54) is 37.7 Å². The van der Waals surface area contributed by atoms with Crippen LogP contribution in [0.5, 0.6) is 0 Å². The minimum absolute atomic E-state index is 0.163. The van der Waals surface area contributed by atoms with Crippen LogP contribution >= 0.6 is 0 Å². The van der Waals surface area contributed by atoms with Crippen LogP contribution in [0.1, 0.15) is 57.9 Å².